The maximum atomic E-state index is 12.5. The molecule has 2 N–H and O–H groups in total. The standard InChI is InChI=1S/C13H20N4O2/c14-4-5-16-8-10(15-9-16)13(18)17-6-7-19-12-3-1-2-11(12)17/h8-9,11-12H,1-7,14H2. The Kier molecular flexibility index (Phi) is 3.52. The largest absolute Gasteiger partial charge is 0.374 e. The van der Waals surface area contributed by atoms with Crippen molar-refractivity contribution in [1.29, 1.82) is 0 Å². The van der Waals surface area contributed by atoms with Gasteiger partial charge >= 0.3 is 0 Å². The van der Waals surface area contributed by atoms with Crippen molar-refractivity contribution in [3.8, 4) is 0 Å². The highest BCUT2D eigenvalue weighted by atomic mass is 16.5. The van der Waals surface area contributed by atoms with Crippen LogP contribution in [-0.2, 0) is 11.3 Å². The molecule has 1 aromatic heterocycles. The van der Waals surface area contributed by atoms with Gasteiger partial charge in [0.05, 0.1) is 25.1 Å². The number of morpholine rings is 1. The minimum Gasteiger partial charge on any atom is -0.374 e. The maximum Gasteiger partial charge on any atom is 0.274 e. The first-order valence-electron chi connectivity index (χ1n) is 6.94. The third kappa shape index (κ3) is 2.37. The van der Waals surface area contributed by atoms with Crippen LogP contribution in [0.2, 0.25) is 0 Å². The van der Waals surface area contributed by atoms with E-state index in [0.717, 1.165) is 19.3 Å². The van der Waals surface area contributed by atoms with Gasteiger partial charge < -0.3 is 19.9 Å². The molecule has 6 heteroatoms. The highest BCUT2D eigenvalue weighted by molar-refractivity contribution is 5.92. The topological polar surface area (TPSA) is 73.4 Å². The first kappa shape index (κ1) is 12.6. The molecule has 1 aromatic rings. The molecule has 2 aliphatic rings. The van der Waals surface area contributed by atoms with Crippen LogP contribution in [0, 0.1) is 0 Å². The second-order valence-electron chi connectivity index (χ2n) is 5.19. The second-order valence-corrected chi connectivity index (χ2v) is 5.19. The van der Waals surface area contributed by atoms with Crippen LogP contribution in [0.25, 0.3) is 0 Å². The van der Waals surface area contributed by atoms with Gasteiger partial charge in [-0.1, -0.05) is 0 Å². The number of hydrogen-bond acceptors (Lipinski definition) is 4. The number of amides is 1. The average Bonchev–Trinajstić information content (AvgIpc) is 3.06. The molecule has 1 saturated heterocycles. The van der Waals surface area contributed by atoms with E-state index in [1.165, 1.54) is 0 Å². The van der Waals surface area contributed by atoms with Gasteiger partial charge in [-0.2, -0.15) is 0 Å². The Morgan fingerprint density at radius 3 is 3.26 bits per heavy atom. The molecule has 0 radical (unpaired) electrons. The van der Waals surface area contributed by atoms with Gasteiger partial charge in [-0.25, -0.2) is 4.98 Å². The van der Waals surface area contributed by atoms with Crippen LogP contribution in [0.1, 0.15) is 29.8 Å². The van der Waals surface area contributed by atoms with Crippen LogP contribution in [-0.4, -0.2) is 52.2 Å². The highest BCUT2D eigenvalue weighted by Crippen LogP contribution is 2.30. The summed E-state index contributed by atoms with van der Waals surface area (Å²) in [6, 6.07) is 0.237. The Bertz CT molecular complexity index is 459. The number of nitrogens with zero attached hydrogens (tertiary/aromatic N) is 3. The predicted octanol–water partition coefficient (Wildman–Crippen LogP) is 0.235. The molecule has 0 spiro atoms. The van der Waals surface area contributed by atoms with Crippen molar-refractivity contribution in [2.75, 3.05) is 19.7 Å². The lowest BCUT2D eigenvalue weighted by Gasteiger charge is -2.37. The lowest BCUT2D eigenvalue weighted by Crippen LogP contribution is -2.51. The Morgan fingerprint density at radius 1 is 1.53 bits per heavy atom. The van der Waals surface area contributed by atoms with Crippen LogP contribution in [0.4, 0.5) is 0 Å². The molecule has 1 aliphatic heterocycles. The molecule has 1 saturated carbocycles. The number of carbonyl (C=O) groups is 1. The third-order valence-electron chi connectivity index (χ3n) is 3.98. The lowest BCUT2D eigenvalue weighted by atomic mass is 10.1. The van der Waals surface area contributed by atoms with Crippen LogP contribution in [0.5, 0.6) is 0 Å². The number of carbonyl (C=O) groups excluding carboxylic acids is 1. The second kappa shape index (κ2) is 5.30. The van der Waals surface area contributed by atoms with Crippen molar-refractivity contribution in [1.82, 2.24) is 14.5 Å². The van der Waals surface area contributed by atoms with Gasteiger partial charge in [-0.05, 0) is 19.3 Å². The number of imidazole rings is 1. The molecule has 19 heavy (non-hydrogen) atoms. The SMILES string of the molecule is NCCn1cnc(C(=O)N2CCOC3CCCC32)c1. The Labute approximate surface area is 112 Å². The fourth-order valence-corrected chi connectivity index (χ4v) is 3.07. The fraction of sp³-hybridized carbons (Fsp3) is 0.692. The van der Waals surface area contributed by atoms with Crippen molar-refractivity contribution in [2.24, 2.45) is 5.73 Å². The van der Waals surface area contributed by atoms with Gasteiger partial charge in [0.25, 0.3) is 5.91 Å². The first-order chi connectivity index (χ1) is 9.29. The molecule has 3 rings (SSSR count). The van der Waals surface area contributed by atoms with E-state index >= 15 is 0 Å². The molecule has 0 bridgehead atoms. The molecule has 2 unspecified atom stereocenters. The summed E-state index contributed by atoms with van der Waals surface area (Å²) in [5.41, 5.74) is 6.01. The number of ether oxygens (including phenoxy) is 1. The van der Waals surface area contributed by atoms with E-state index < -0.39 is 0 Å². The van der Waals surface area contributed by atoms with Crippen molar-refractivity contribution >= 4 is 5.91 Å². The molecule has 6 nitrogen and oxygen atoms in total. The van der Waals surface area contributed by atoms with Gasteiger partial charge in [0.15, 0.2) is 0 Å². The van der Waals surface area contributed by atoms with Gasteiger partial charge in [-0.15, -0.1) is 0 Å². The van der Waals surface area contributed by atoms with Crippen molar-refractivity contribution < 1.29 is 9.53 Å². The molecule has 2 atom stereocenters. The number of aromatic nitrogens is 2. The molecule has 2 heterocycles. The van der Waals surface area contributed by atoms with Gasteiger partial charge in [-0.3, -0.25) is 4.79 Å². The molecule has 1 aliphatic carbocycles. The van der Waals surface area contributed by atoms with E-state index in [0.29, 0.717) is 31.9 Å². The molecule has 2 fully saturated rings. The summed E-state index contributed by atoms with van der Waals surface area (Å²) in [6.07, 6.45) is 6.93. The lowest BCUT2D eigenvalue weighted by molar-refractivity contribution is -0.0447. The predicted molar refractivity (Wildman–Crippen MR) is 69.7 cm³/mol. The van der Waals surface area contributed by atoms with E-state index in [1.54, 1.807) is 12.5 Å². The van der Waals surface area contributed by atoms with Gasteiger partial charge in [0.1, 0.15) is 5.69 Å². The zero-order valence-corrected chi connectivity index (χ0v) is 11.0. The zero-order valence-electron chi connectivity index (χ0n) is 11.0. The van der Waals surface area contributed by atoms with Crippen LogP contribution >= 0.6 is 0 Å². The number of nitrogens with two attached hydrogens (primary N) is 1. The highest BCUT2D eigenvalue weighted by Gasteiger charge is 2.39. The van der Waals surface area contributed by atoms with E-state index in [4.69, 9.17) is 10.5 Å². The molecule has 1 amide bonds. The summed E-state index contributed by atoms with van der Waals surface area (Å²) in [4.78, 5) is 18.7. The summed E-state index contributed by atoms with van der Waals surface area (Å²) < 4.78 is 7.59. The van der Waals surface area contributed by atoms with E-state index in [2.05, 4.69) is 4.98 Å². The minimum absolute atomic E-state index is 0.0240. The normalized spacial score (nSPS) is 26.5. The number of fused-ring (bicyclic) bond motifs is 1. The number of rotatable bonds is 3. The fourth-order valence-electron chi connectivity index (χ4n) is 3.07. The molecule has 104 valence electrons. The Hall–Kier alpha value is -1.40. The smallest absolute Gasteiger partial charge is 0.274 e. The van der Waals surface area contributed by atoms with E-state index in [-0.39, 0.29) is 18.1 Å². The van der Waals surface area contributed by atoms with Crippen molar-refractivity contribution in [2.45, 2.75) is 38.0 Å². The summed E-state index contributed by atoms with van der Waals surface area (Å²) in [6.45, 7) is 2.54. The molecular formula is C13H20N4O2. The summed E-state index contributed by atoms with van der Waals surface area (Å²) in [7, 11) is 0. The summed E-state index contributed by atoms with van der Waals surface area (Å²) in [5, 5.41) is 0. The third-order valence-corrected chi connectivity index (χ3v) is 3.98. The monoisotopic (exact) mass is 264 g/mol. The van der Waals surface area contributed by atoms with Crippen LogP contribution < -0.4 is 5.73 Å². The summed E-state index contributed by atoms with van der Waals surface area (Å²) >= 11 is 0. The van der Waals surface area contributed by atoms with Crippen LogP contribution in [0.3, 0.4) is 0 Å². The Balaban J connectivity index is 1.74. The van der Waals surface area contributed by atoms with E-state index in [9.17, 15) is 4.79 Å². The Morgan fingerprint density at radius 2 is 2.42 bits per heavy atom. The van der Waals surface area contributed by atoms with Gasteiger partial charge in [0, 0.05) is 25.8 Å². The maximum absolute atomic E-state index is 12.5. The molecular weight excluding hydrogens is 244 g/mol. The number of hydrogen-bond donors (Lipinski definition) is 1. The summed E-state index contributed by atoms with van der Waals surface area (Å²) in [5.74, 6) is 0.0240. The van der Waals surface area contributed by atoms with E-state index in [1.807, 2.05) is 9.47 Å². The minimum atomic E-state index is 0.0240. The molecule has 0 aromatic carbocycles. The quantitative estimate of drug-likeness (QED) is 0.848. The van der Waals surface area contributed by atoms with Crippen molar-refractivity contribution in [3.63, 3.8) is 0 Å². The first-order valence-corrected chi connectivity index (χ1v) is 6.94. The van der Waals surface area contributed by atoms with Gasteiger partial charge in [0.2, 0.25) is 0 Å². The average molecular weight is 264 g/mol. The zero-order chi connectivity index (χ0) is 13.2. The van der Waals surface area contributed by atoms with Crippen LogP contribution in [0.15, 0.2) is 12.5 Å². The van der Waals surface area contributed by atoms with Crippen molar-refractivity contribution in [3.05, 3.63) is 18.2 Å².